The molecule has 1 atom stereocenters. The molecule has 1 heterocycles. The molecule has 1 unspecified atom stereocenters. The monoisotopic (exact) mass is 363 g/mol. The number of hydrogen-bond acceptors (Lipinski definition) is 5. The lowest BCUT2D eigenvalue weighted by Crippen LogP contribution is -2.40. The molecule has 0 radical (unpaired) electrons. The van der Waals surface area contributed by atoms with Gasteiger partial charge in [0.25, 0.3) is 0 Å². The van der Waals surface area contributed by atoms with E-state index in [0.29, 0.717) is 10.8 Å². The fraction of sp³-hybridized carbons (Fsp3) is 0.438. The van der Waals surface area contributed by atoms with Crippen LogP contribution in [0.15, 0.2) is 24.3 Å². The summed E-state index contributed by atoms with van der Waals surface area (Å²) in [6.45, 7) is 1.72. The number of carboxylic acid groups (broad SMARTS) is 1. The van der Waals surface area contributed by atoms with Crippen molar-refractivity contribution in [3.05, 3.63) is 29.3 Å². The summed E-state index contributed by atoms with van der Waals surface area (Å²) >= 11 is 5.85. The molecule has 8 nitrogen and oxygen atoms in total. The molecule has 1 aromatic carbocycles. The summed E-state index contributed by atoms with van der Waals surface area (Å²) in [5, 5.41) is 21.8. The minimum absolute atomic E-state index is 0.0660. The number of benzene rings is 1. The minimum atomic E-state index is -0.914. The highest BCUT2D eigenvalue weighted by Crippen LogP contribution is 2.28. The molecule has 1 aromatic heterocycles. The third-order valence-corrected chi connectivity index (χ3v) is 4.28. The number of aliphatic carboxylic acids is 1. The van der Waals surface area contributed by atoms with Gasteiger partial charge in [0.1, 0.15) is 6.54 Å². The number of carbonyl (C=O) groups excluding carboxylic acids is 1. The molecule has 1 amide bonds. The lowest BCUT2D eigenvalue weighted by atomic mass is 10.1. The van der Waals surface area contributed by atoms with Gasteiger partial charge in [0.05, 0.1) is 5.92 Å². The highest BCUT2D eigenvalue weighted by Gasteiger charge is 2.34. The molecule has 1 saturated carbocycles. The van der Waals surface area contributed by atoms with Crippen molar-refractivity contribution in [2.45, 2.75) is 32.4 Å². The lowest BCUT2D eigenvalue weighted by molar-refractivity contribution is -0.143. The fourth-order valence-corrected chi connectivity index (χ4v) is 2.58. The van der Waals surface area contributed by atoms with E-state index >= 15 is 0 Å². The molecular formula is C16H18ClN5O3. The third kappa shape index (κ3) is 4.33. The van der Waals surface area contributed by atoms with E-state index in [4.69, 9.17) is 16.7 Å². The Morgan fingerprint density at radius 3 is 2.64 bits per heavy atom. The van der Waals surface area contributed by atoms with Gasteiger partial charge >= 0.3 is 5.97 Å². The minimum Gasteiger partial charge on any atom is -0.481 e. The van der Waals surface area contributed by atoms with Crippen LogP contribution in [-0.2, 0) is 16.1 Å². The Balaban J connectivity index is 1.67. The normalized spacial score (nSPS) is 15.0. The summed E-state index contributed by atoms with van der Waals surface area (Å²) in [7, 11) is 0. The highest BCUT2D eigenvalue weighted by atomic mass is 35.5. The summed E-state index contributed by atoms with van der Waals surface area (Å²) in [6, 6.07) is 7.12. The first-order valence-electron chi connectivity index (χ1n) is 8.00. The number of aromatic nitrogens is 4. The summed E-state index contributed by atoms with van der Waals surface area (Å²) in [6.07, 6.45) is 1.80. The average Bonchev–Trinajstić information content (AvgIpc) is 3.32. The number of tetrazole rings is 1. The van der Waals surface area contributed by atoms with Crippen LogP contribution in [0.25, 0.3) is 11.4 Å². The maximum atomic E-state index is 12.5. The van der Waals surface area contributed by atoms with Gasteiger partial charge in [0.15, 0.2) is 0 Å². The van der Waals surface area contributed by atoms with Crippen LogP contribution in [0, 0.1) is 5.92 Å². The number of carboxylic acids is 1. The van der Waals surface area contributed by atoms with Gasteiger partial charge in [-0.2, -0.15) is 4.80 Å². The Hall–Kier alpha value is -2.48. The van der Waals surface area contributed by atoms with Crippen molar-refractivity contribution in [1.29, 1.82) is 0 Å². The van der Waals surface area contributed by atoms with Gasteiger partial charge in [-0.05, 0) is 42.3 Å². The Bertz CT molecular complexity index is 772. The van der Waals surface area contributed by atoms with Crippen molar-refractivity contribution >= 4 is 23.5 Å². The second-order valence-corrected chi connectivity index (χ2v) is 6.60. The summed E-state index contributed by atoms with van der Waals surface area (Å²) < 4.78 is 0. The van der Waals surface area contributed by atoms with Gasteiger partial charge in [-0.1, -0.05) is 18.5 Å². The summed E-state index contributed by atoms with van der Waals surface area (Å²) in [4.78, 5) is 26.4. The zero-order valence-corrected chi connectivity index (χ0v) is 14.4. The Labute approximate surface area is 149 Å². The van der Waals surface area contributed by atoms with Crippen LogP contribution in [0.3, 0.4) is 0 Å². The average molecular weight is 364 g/mol. The first kappa shape index (κ1) is 17.3. The number of rotatable bonds is 7. The molecule has 0 saturated heterocycles. The predicted molar refractivity (Wildman–Crippen MR) is 89.8 cm³/mol. The fourth-order valence-electron chi connectivity index (χ4n) is 2.45. The second-order valence-electron chi connectivity index (χ2n) is 6.17. The SMILES string of the molecule is CC(CN(C(=O)Cn1nnc(-c2ccc(Cl)cc2)n1)C1CC1)C(=O)O. The molecule has 1 aliphatic rings. The van der Waals surface area contributed by atoms with Crippen molar-refractivity contribution in [1.82, 2.24) is 25.1 Å². The smallest absolute Gasteiger partial charge is 0.308 e. The highest BCUT2D eigenvalue weighted by molar-refractivity contribution is 6.30. The number of halogens is 1. The van der Waals surface area contributed by atoms with Crippen molar-refractivity contribution in [3.63, 3.8) is 0 Å². The predicted octanol–water partition coefficient (Wildman–Crippen LogP) is 1.71. The van der Waals surface area contributed by atoms with Crippen LogP contribution in [0.1, 0.15) is 19.8 Å². The largest absolute Gasteiger partial charge is 0.481 e. The van der Waals surface area contributed by atoms with Crippen LogP contribution >= 0.6 is 11.6 Å². The van der Waals surface area contributed by atoms with Gasteiger partial charge in [-0.15, -0.1) is 10.2 Å². The van der Waals surface area contributed by atoms with E-state index < -0.39 is 11.9 Å². The summed E-state index contributed by atoms with van der Waals surface area (Å²) in [5.41, 5.74) is 0.752. The Kier molecular flexibility index (Phi) is 4.98. The maximum Gasteiger partial charge on any atom is 0.308 e. The van der Waals surface area contributed by atoms with Gasteiger partial charge in [-0.3, -0.25) is 9.59 Å². The molecule has 132 valence electrons. The van der Waals surface area contributed by atoms with Gasteiger partial charge in [0.2, 0.25) is 11.7 Å². The quantitative estimate of drug-likeness (QED) is 0.803. The van der Waals surface area contributed by atoms with Gasteiger partial charge in [-0.25, -0.2) is 0 Å². The Morgan fingerprint density at radius 2 is 2.04 bits per heavy atom. The maximum absolute atomic E-state index is 12.5. The van der Waals surface area contributed by atoms with E-state index in [1.54, 1.807) is 36.1 Å². The van der Waals surface area contributed by atoms with Gasteiger partial charge < -0.3 is 10.0 Å². The zero-order valence-electron chi connectivity index (χ0n) is 13.7. The number of nitrogens with zero attached hydrogens (tertiary/aromatic N) is 5. The molecule has 1 aliphatic carbocycles. The molecule has 3 rings (SSSR count). The molecule has 9 heteroatoms. The first-order chi connectivity index (χ1) is 11.9. The molecular weight excluding hydrogens is 346 g/mol. The van der Waals surface area contributed by atoms with Crippen molar-refractivity contribution in [2.75, 3.05) is 6.54 Å². The molecule has 0 spiro atoms. The topological polar surface area (TPSA) is 101 Å². The van der Waals surface area contributed by atoms with Crippen LogP contribution in [0.4, 0.5) is 0 Å². The second kappa shape index (κ2) is 7.18. The zero-order chi connectivity index (χ0) is 18.0. The van der Waals surface area contributed by atoms with Crippen LogP contribution < -0.4 is 0 Å². The van der Waals surface area contributed by atoms with E-state index in [1.807, 2.05) is 0 Å². The number of hydrogen-bond donors (Lipinski definition) is 1. The van der Waals surface area contributed by atoms with Crippen LogP contribution in [0.5, 0.6) is 0 Å². The van der Waals surface area contributed by atoms with Crippen molar-refractivity contribution in [3.8, 4) is 11.4 Å². The van der Waals surface area contributed by atoms with Gasteiger partial charge in [0, 0.05) is 23.2 Å². The van der Waals surface area contributed by atoms with Crippen molar-refractivity contribution < 1.29 is 14.7 Å². The van der Waals surface area contributed by atoms with E-state index in [-0.39, 0.29) is 25.0 Å². The van der Waals surface area contributed by atoms with Crippen LogP contribution in [0.2, 0.25) is 5.02 Å². The van der Waals surface area contributed by atoms with E-state index in [9.17, 15) is 9.59 Å². The molecule has 2 aromatic rings. The van der Waals surface area contributed by atoms with E-state index in [2.05, 4.69) is 15.4 Å². The Morgan fingerprint density at radius 1 is 1.36 bits per heavy atom. The number of amides is 1. The molecule has 0 bridgehead atoms. The first-order valence-corrected chi connectivity index (χ1v) is 8.38. The molecule has 1 fully saturated rings. The summed E-state index contributed by atoms with van der Waals surface area (Å²) in [5.74, 6) is -1.32. The standard InChI is InChI=1S/C16H18ClN5O3/c1-10(16(24)25)8-21(13-6-7-13)14(23)9-22-19-15(18-20-22)11-2-4-12(17)5-3-11/h2-5,10,13H,6-9H2,1H3,(H,24,25). The molecule has 1 N–H and O–H groups in total. The van der Waals surface area contributed by atoms with Crippen LogP contribution in [-0.4, -0.2) is 54.7 Å². The third-order valence-electron chi connectivity index (χ3n) is 4.03. The van der Waals surface area contributed by atoms with Crippen molar-refractivity contribution in [2.24, 2.45) is 5.92 Å². The van der Waals surface area contributed by atoms with E-state index in [1.165, 1.54) is 4.80 Å². The molecule has 25 heavy (non-hydrogen) atoms. The number of carbonyl (C=O) groups is 2. The van der Waals surface area contributed by atoms with E-state index in [0.717, 1.165) is 18.4 Å². The lowest BCUT2D eigenvalue weighted by Gasteiger charge is -2.23. The molecule has 0 aliphatic heterocycles.